The first-order chi connectivity index (χ1) is 13.2. The zero-order valence-corrected chi connectivity index (χ0v) is 15.5. The highest BCUT2D eigenvalue weighted by molar-refractivity contribution is 5.90. The summed E-state index contributed by atoms with van der Waals surface area (Å²) in [6.45, 7) is 3.40. The Hall–Kier alpha value is -2.55. The van der Waals surface area contributed by atoms with Gasteiger partial charge in [-0.3, -0.25) is 14.5 Å². The van der Waals surface area contributed by atoms with Gasteiger partial charge >= 0.3 is 0 Å². The van der Waals surface area contributed by atoms with Crippen LogP contribution in [0.3, 0.4) is 0 Å². The van der Waals surface area contributed by atoms with Crippen LogP contribution in [0.5, 0.6) is 5.88 Å². The van der Waals surface area contributed by atoms with Gasteiger partial charge in [0.15, 0.2) is 0 Å². The summed E-state index contributed by atoms with van der Waals surface area (Å²) in [5, 5.41) is 4.13. The van der Waals surface area contributed by atoms with Crippen LogP contribution >= 0.6 is 0 Å². The van der Waals surface area contributed by atoms with Crippen molar-refractivity contribution in [2.75, 3.05) is 32.9 Å². The number of nitrogens with zero attached hydrogens (tertiary/aromatic N) is 6. The molecule has 4 rings (SSSR count). The van der Waals surface area contributed by atoms with E-state index in [-0.39, 0.29) is 23.1 Å². The van der Waals surface area contributed by atoms with Crippen molar-refractivity contribution >= 4 is 5.91 Å². The molecule has 1 amide bonds. The number of carbonyl (C=O) groups excluding carboxylic acids is 1. The molecule has 2 aromatic rings. The third kappa shape index (κ3) is 3.78. The molecular weight excluding hydrogens is 348 g/mol. The molecular formula is C18H24N6O3. The smallest absolute Gasteiger partial charge is 0.293 e. The molecule has 1 atom stereocenters. The van der Waals surface area contributed by atoms with Gasteiger partial charge in [0, 0.05) is 45.1 Å². The molecule has 0 saturated carbocycles. The second kappa shape index (κ2) is 7.59. The van der Waals surface area contributed by atoms with E-state index >= 15 is 0 Å². The molecule has 0 radical (unpaired) electrons. The molecule has 2 aliphatic heterocycles. The van der Waals surface area contributed by atoms with Gasteiger partial charge in [0.25, 0.3) is 5.91 Å². The number of amides is 1. The van der Waals surface area contributed by atoms with E-state index in [0.717, 1.165) is 25.9 Å². The Morgan fingerprint density at radius 3 is 2.85 bits per heavy atom. The van der Waals surface area contributed by atoms with Crippen molar-refractivity contribution in [2.45, 2.75) is 19.3 Å². The van der Waals surface area contributed by atoms with Gasteiger partial charge in [0.05, 0.1) is 19.4 Å². The Morgan fingerprint density at radius 2 is 2.15 bits per heavy atom. The van der Waals surface area contributed by atoms with E-state index in [0.29, 0.717) is 32.2 Å². The summed E-state index contributed by atoms with van der Waals surface area (Å²) < 4.78 is 13.1. The van der Waals surface area contributed by atoms with E-state index in [1.54, 1.807) is 36.6 Å². The summed E-state index contributed by atoms with van der Waals surface area (Å²) in [5.74, 6) is 0.985. The zero-order valence-electron chi connectivity index (χ0n) is 15.5. The number of rotatable bonds is 4. The number of hydrogen-bond acceptors (Lipinski definition) is 7. The summed E-state index contributed by atoms with van der Waals surface area (Å²) in [6, 6.07) is 0. The fourth-order valence-electron chi connectivity index (χ4n) is 4.04. The lowest BCUT2D eigenvalue weighted by atomic mass is 9.66. The average Bonchev–Trinajstić information content (AvgIpc) is 3.15. The minimum absolute atomic E-state index is 0.0927. The van der Waals surface area contributed by atoms with Crippen molar-refractivity contribution in [1.29, 1.82) is 0 Å². The van der Waals surface area contributed by atoms with E-state index < -0.39 is 0 Å². The van der Waals surface area contributed by atoms with E-state index in [1.165, 1.54) is 0 Å². The monoisotopic (exact) mass is 372 g/mol. The van der Waals surface area contributed by atoms with Crippen LogP contribution in [0, 0.1) is 11.3 Å². The molecule has 144 valence electrons. The predicted molar refractivity (Wildman–Crippen MR) is 95.0 cm³/mol. The van der Waals surface area contributed by atoms with Crippen LogP contribution in [0.15, 0.2) is 24.9 Å². The minimum atomic E-state index is -0.0927. The van der Waals surface area contributed by atoms with Gasteiger partial charge in [0.2, 0.25) is 11.7 Å². The third-order valence-electron chi connectivity index (χ3n) is 5.74. The molecule has 0 aromatic carbocycles. The van der Waals surface area contributed by atoms with Crippen molar-refractivity contribution in [2.24, 2.45) is 18.4 Å². The molecule has 27 heavy (non-hydrogen) atoms. The molecule has 0 bridgehead atoms. The number of hydrogen-bond donors (Lipinski definition) is 0. The maximum Gasteiger partial charge on any atom is 0.293 e. The van der Waals surface area contributed by atoms with Crippen LogP contribution in [0.4, 0.5) is 0 Å². The average molecular weight is 372 g/mol. The normalized spacial score (nSPS) is 22.0. The van der Waals surface area contributed by atoms with Crippen molar-refractivity contribution in [3.8, 4) is 5.88 Å². The van der Waals surface area contributed by atoms with Crippen LogP contribution < -0.4 is 4.74 Å². The van der Waals surface area contributed by atoms with Gasteiger partial charge < -0.3 is 14.4 Å². The van der Waals surface area contributed by atoms with Crippen LogP contribution in [-0.2, 0) is 11.8 Å². The predicted octanol–water partition coefficient (Wildman–Crippen LogP) is 0.943. The van der Waals surface area contributed by atoms with Gasteiger partial charge in [-0.1, -0.05) is 0 Å². The molecule has 2 aliphatic rings. The molecule has 2 fully saturated rings. The van der Waals surface area contributed by atoms with Crippen LogP contribution in [0.25, 0.3) is 0 Å². The Labute approximate surface area is 157 Å². The second-order valence-electron chi connectivity index (χ2n) is 7.27. The van der Waals surface area contributed by atoms with Gasteiger partial charge in [-0.15, -0.1) is 5.10 Å². The number of ether oxygens (including phenoxy) is 2. The van der Waals surface area contributed by atoms with Crippen molar-refractivity contribution in [1.82, 2.24) is 29.6 Å². The Balaban J connectivity index is 1.39. The summed E-state index contributed by atoms with van der Waals surface area (Å²) in [6.07, 6.45) is 9.28. The van der Waals surface area contributed by atoms with Crippen molar-refractivity contribution < 1.29 is 14.3 Å². The largest absolute Gasteiger partial charge is 0.476 e. The Kier molecular flexibility index (Phi) is 5.02. The fourth-order valence-corrected chi connectivity index (χ4v) is 4.04. The molecule has 2 saturated heterocycles. The van der Waals surface area contributed by atoms with E-state index in [9.17, 15) is 4.79 Å². The first kappa shape index (κ1) is 17.8. The van der Waals surface area contributed by atoms with Crippen LogP contribution in [0.2, 0.25) is 0 Å². The fraction of sp³-hybridized carbons (Fsp3) is 0.611. The van der Waals surface area contributed by atoms with Crippen molar-refractivity contribution in [3.63, 3.8) is 0 Å². The highest BCUT2D eigenvalue weighted by atomic mass is 16.5. The van der Waals surface area contributed by atoms with Crippen LogP contribution in [-0.4, -0.2) is 68.4 Å². The van der Waals surface area contributed by atoms with Gasteiger partial charge in [-0.25, -0.2) is 9.97 Å². The first-order valence-electron chi connectivity index (χ1n) is 9.28. The third-order valence-corrected chi connectivity index (χ3v) is 5.74. The lowest BCUT2D eigenvalue weighted by molar-refractivity contribution is -0.0826. The minimum Gasteiger partial charge on any atom is -0.476 e. The van der Waals surface area contributed by atoms with Crippen LogP contribution in [0.1, 0.15) is 29.9 Å². The molecule has 2 aromatic heterocycles. The number of carbonyl (C=O) groups is 1. The van der Waals surface area contributed by atoms with Crippen molar-refractivity contribution in [3.05, 3.63) is 30.7 Å². The molecule has 9 heteroatoms. The summed E-state index contributed by atoms with van der Waals surface area (Å²) >= 11 is 0. The molecule has 0 aliphatic carbocycles. The van der Waals surface area contributed by atoms with E-state index in [1.807, 2.05) is 4.90 Å². The Morgan fingerprint density at radius 1 is 1.30 bits per heavy atom. The van der Waals surface area contributed by atoms with E-state index in [2.05, 4.69) is 20.1 Å². The molecule has 4 heterocycles. The topological polar surface area (TPSA) is 95.3 Å². The molecule has 0 N–H and O–H groups in total. The maximum absolute atomic E-state index is 12.6. The number of aromatic nitrogens is 5. The molecule has 1 spiro atoms. The zero-order chi connectivity index (χ0) is 18.7. The van der Waals surface area contributed by atoms with Gasteiger partial charge in [0.1, 0.15) is 6.33 Å². The Bertz CT molecular complexity index is 772. The highest BCUT2D eigenvalue weighted by Gasteiger charge is 2.44. The summed E-state index contributed by atoms with van der Waals surface area (Å²) in [7, 11) is 1.76. The number of likely N-dealkylation sites (tertiary alicyclic amines) is 1. The van der Waals surface area contributed by atoms with Gasteiger partial charge in [-0.2, -0.15) is 0 Å². The highest BCUT2D eigenvalue weighted by Crippen LogP contribution is 2.45. The second-order valence-corrected chi connectivity index (χ2v) is 7.27. The van der Waals surface area contributed by atoms with Gasteiger partial charge in [-0.05, 0) is 24.7 Å². The summed E-state index contributed by atoms with van der Waals surface area (Å²) in [5.41, 5.74) is 0.134. The summed E-state index contributed by atoms with van der Waals surface area (Å²) in [4.78, 5) is 26.7. The number of piperidine rings is 1. The molecule has 9 nitrogen and oxygen atoms in total. The standard InChI is InChI=1S/C18H24N6O3/c1-23-13-21-16(22-23)17(25)24-7-2-18(3-8-24)4-9-26-11-14(18)12-27-15-10-19-5-6-20-15/h5-6,10,13-14H,2-4,7-9,11-12H2,1H3/t14-/m1/s1. The SMILES string of the molecule is Cn1cnc(C(=O)N2CCC3(CCOC[C@@H]3COc3cnccn3)CC2)n1. The van der Waals surface area contributed by atoms with E-state index in [4.69, 9.17) is 9.47 Å². The maximum atomic E-state index is 12.6. The lowest BCUT2D eigenvalue weighted by Gasteiger charge is -2.48. The first-order valence-corrected chi connectivity index (χ1v) is 9.28. The number of aryl methyl sites for hydroxylation is 1. The molecule has 0 unspecified atom stereocenters. The lowest BCUT2D eigenvalue weighted by Crippen LogP contribution is -2.51. The quantitative estimate of drug-likeness (QED) is 0.788.